The summed E-state index contributed by atoms with van der Waals surface area (Å²) in [5.74, 6) is 0. The minimum atomic E-state index is -0.338. The molecule has 1 heterocycles. The normalized spacial score (nSPS) is 16.9. The third-order valence-corrected chi connectivity index (χ3v) is 4.95. The van der Waals surface area contributed by atoms with Crippen molar-refractivity contribution < 1.29 is 4.92 Å². The summed E-state index contributed by atoms with van der Waals surface area (Å²) in [5, 5.41) is 11.5. The second-order valence-corrected chi connectivity index (χ2v) is 6.04. The molecule has 0 N–H and O–H groups in total. The predicted octanol–water partition coefficient (Wildman–Crippen LogP) is 3.41. The second-order valence-electron chi connectivity index (χ2n) is 5.48. The van der Waals surface area contributed by atoms with Gasteiger partial charge in [0.15, 0.2) is 0 Å². The number of alkyl halides is 1. The Morgan fingerprint density at radius 1 is 1.43 bits per heavy atom. The standard InChI is InChI=1S/C15H22BrN3O2/c1-3-18-8-6-13(7-9-18)17(2)15-5-4-14(19(20)21)10-12(15)11-16/h4-5,10,13H,3,6-9,11H2,1-2H3. The van der Waals surface area contributed by atoms with Crippen molar-refractivity contribution in [1.29, 1.82) is 0 Å². The fraction of sp³-hybridized carbons (Fsp3) is 0.600. The summed E-state index contributed by atoms with van der Waals surface area (Å²) in [4.78, 5) is 15.3. The summed E-state index contributed by atoms with van der Waals surface area (Å²) in [6.07, 6.45) is 2.28. The molecule has 0 aromatic heterocycles. The van der Waals surface area contributed by atoms with E-state index in [-0.39, 0.29) is 10.6 Å². The van der Waals surface area contributed by atoms with Crippen LogP contribution in [0.1, 0.15) is 25.3 Å². The molecule has 1 aliphatic heterocycles. The lowest BCUT2D eigenvalue weighted by molar-refractivity contribution is -0.384. The largest absolute Gasteiger partial charge is 0.371 e. The van der Waals surface area contributed by atoms with E-state index < -0.39 is 0 Å². The molecule has 0 atom stereocenters. The van der Waals surface area contributed by atoms with Crippen LogP contribution in [-0.4, -0.2) is 42.5 Å². The van der Waals surface area contributed by atoms with E-state index in [0.29, 0.717) is 11.4 Å². The summed E-state index contributed by atoms with van der Waals surface area (Å²) in [6.45, 7) is 5.56. The van der Waals surface area contributed by atoms with Crippen LogP contribution >= 0.6 is 15.9 Å². The second kappa shape index (κ2) is 7.22. The smallest absolute Gasteiger partial charge is 0.269 e. The van der Waals surface area contributed by atoms with Gasteiger partial charge in [-0.1, -0.05) is 22.9 Å². The van der Waals surface area contributed by atoms with Crippen LogP contribution in [0, 0.1) is 10.1 Å². The summed E-state index contributed by atoms with van der Waals surface area (Å²) in [7, 11) is 2.10. The zero-order valence-corrected chi connectivity index (χ0v) is 14.2. The van der Waals surface area contributed by atoms with Gasteiger partial charge in [0, 0.05) is 49.3 Å². The Morgan fingerprint density at radius 2 is 2.10 bits per heavy atom. The highest BCUT2D eigenvalue weighted by atomic mass is 79.9. The molecule has 2 rings (SSSR count). The maximum absolute atomic E-state index is 10.9. The van der Waals surface area contributed by atoms with Crippen LogP contribution in [0.5, 0.6) is 0 Å². The average molecular weight is 356 g/mol. The van der Waals surface area contributed by atoms with Gasteiger partial charge in [-0.15, -0.1) is 0 Å². The maximum Gasteiger partial charge on any atom is 0.269 e. The van der Waals surface area contributed by atoms with E-state index in [4.69, 9.17) is 0 Å². The number of rotatable bonds is 5. The number of halogens is 1. The maximum atomic E-state index is 10.9. The Morgan fingerprint density at radius 3 is 2.62 bits per heavy atom. The molecule has 0 unspecified atom stereocenters. The summed E-state index contributed by atoms with van der Waals surface area (Å²) in [6, 6.07) is 5.65. The van der Waals surface area contributed by atoms with Crippen LogP contribution in [0.4, 0.5) is 11.4 Å². The topological polar surface area (TPSA) is 49.6 Å². The van der Waals surface area contributed by atoms with Gasteiger partial charge in [-0.3, -0.25) is 10.1 Å². The van der Waals surface area contributed by atoms with Gasteiger partial charge in [0.05, 0.1) is 4.92 Å². The highest BCUT2D eigenvalue weighted by Gasteiger charge is 2.23. The molecule has 0 bridgehead atoms. The van der Waals surface area contributed by atoms with Crippen molar-refractivity contribution in [1.82, 2.24) is 4.90 Å². The lowest BCUT2D eigenvalue weighted by Crippen LogP contribution is -2.43. The lowest BCUT2D eigenvalue weighted by Gasteiger charge is -2.38. The number of nitro benzene ring substituents is 1. The molecule has 0 radical (unpaired) electrons. The fourth-order valence-electron chi connectivity index (χ4n) is 2.96. The fourth-order valence-corrected chi connectivity index (χ4v) is 3.41. The quantitative estimate of drug-likeness (QED) is 0.461. The van der Waals surface area contributed by atoms with Crippen molar-refractivity contribution in [3.05, 3.63) is 33.9 Å². The Labute approximate surface area is 134 Å². The highest BCUT2D eigenvalue weighted by Crippen LogP contribution is 2.30. The summed E-state index contributed by atoms with van der Waals surface area (Å²) in [5.41, 5.74) is 2.22. The van der Waals surface area contributed by atoms with Crippen LogP contribution in [0.25, 0.3) is 0 Å². The molecule has 21 heavy (non-hydrogen) atoms. The van der Waals surface area contributed by atoms with Crippen molar-refractivity contribution in [3.63, 3.8) is 0 Å². The molecule has 1 fully saturated rings. The van der Waals surface area contributed by atoms with Gasteiger partial charge in [-0.05, 0) is 31.0 Å². The first-order valence-corrected chi connectivity index (χ1v) is 8.47. The first kappa shape index (κ1) is 16.2. The van der Waals surface area contributed by atoms with Crippen molar-refractivity contribution >= 4 is 27.3 Å². The number of benzene rings is 1. The third kappa shape index (κ3) is 3.74. The monoisotopic (exact) mass is 355 g/mol. The molecule has 0 aliphatic carbocycles. The minimum absolute atomic E-state index is 0.155. The minimum Gasteiger partial charge on any atom is -0.371 e. The summed E-state index contributed by atoms with van der Waals surface area (Å²) < 4.78 is 0. The molecular weight excluding hydrogens is 334 g/mol. The molecular formula is C15H22BrN3O2. The molecule has 1 aliphatic rings. The molecule has 116 valence electrons. The van der Waals surface area contributed by atoms with E-state index in [1.807, 2.05) is 6.07 Å². The van der Waals surface area contributed by atoms with Gasteiger partial charge in [-0.25, -0.2) is 0 Å². The van der Waals surface area contributed by atoms with Crippen molar-refractivity contribution in [3.8, 4) is 0 Å². The Balaban J connectivity index is 2.15. The molecule has 1 saturated heterocycles. The van der Waals surface area contributed by atoms with E-state index in [1.165, 1.54) is 0 Å². The SMILES string of the molecule is CCN1CCC(N(C)c2ccc([N+](=O)[O-])cc2CBr)CC1. The molecule has 1 aromatic rings. The number of anilines is 1. The molecule has 0 spiro atoms. The first-order valence-electron chi connectivity index (χ1n) is 7.35. The Hall–Kier alpha value is -1.14. The number of hydrogen-bond donors (Lipinski definition) is 0. The van der Waals surface area contributed by atoms with Gasteiger partial charge in [-0.2, -0.15) is 0 Å². The molecule has 5 nitrogen and oxygen atoms in total. The average Bonchev–Trinajstić information content (AvgIpc) is 2.53. The number of nitro groups is 1. The number of nitrogens with zero attached hydrogens (tertiary/aromatic N) is 3. The first-order chi connectivity index (χ1) is 10.1. The van der Waals surface area contributed by atoms with Gasteiger partial charge < -0.3 is 9.80 Å². The van der Waals surface area contributed by atoms with Gasteiger partial charge in [0.25, 0.3) is 5.69 Å². The van der Waals surface area contributed by atoms with Crippen molar-refractivity contribution in [2.24, 2.45) is 0 Å². The number of piperidine rings is 1. The highest BCUT2D eigenvalue weighted by molar-refractivity contribution is 9.08. The van der Waals surface area contributed by atoms with Crippen LogP contribution < -0.4 is 4.90 Å². The van der Waals surface area contributed by atoms with Crippen LogP contribution in [0.2, 0.25) is 0 Å². The van der Waals surface area contributed by atoms with Crippen LogP contribution in [0.3, 0.4) is 0 Å². The summed E-state index contributed by atoms with van der Waals surface area (Å²) >= 11 is 3.45. The Bertz CT molecular complexity index is 502. The van der Waals surface area contributed by atoms with Crippen LogP contribution in [-0.2, 0) is 5.33 Å². The Kier molecular flexibility index (Phi) is 5.58. The third-order valence-electron chi connectivity index (χ3n) is 4.35. The number of hydrogen-bond acceptors (Lipinski definition) is 4. The van der Waals surface area contributed by atoms with E-state index in [1.54, 1.807) is 12.1 Å². The zero-order valence-electron chi connectivity index (χ0n) is 12.6. The van der Waals surface area contributed by atoms with E-state index in [9.17, 15) is 10.1 Å². The molecule has 0 saturated carbocycles. The van der Waals surface area contributed by atoms with E-state index >= 15 is 0 Å². The van der Waals surface area contributed by atoms with Crippen molar-refractivity contribution in [2.45, 2.75) is 31.1 Å². The zero-order chi connectivity index (χ0) is 15.4. The van der Waals surface area contributed by atoms with Crippen molar-refractivity contribution in [2.75, 3.05) is 31.6 Å². The van der Waals surface area contributed by atoms with Gasteiger partial charge >= 0.3 is 0 Å². The van der Waals surface area contributed by atoms with Gasteiger partial charge in [0.1, 0.15) is 0 Å². The van der Waals surface area contributed by atoms with Crippen LogP contribution in [0.15, 0.2) is 18.2 Å². The molecule has 0 amide bonds. The molecule has 6 heteroatoms. The van der Waals surface area contributed by atoms with E-state index in [0.717, 1.165) is 43.7 Å². The predicted molar refractivity (Wildman–Crippen MR) is 89.3 cm³/mol. The number of non-ortho nitro benzene ring substituents is 1. The van der Waals surface area contributed by atoms with Gasteiger partial charge in [0.2, 0.25) is 0 Å². The van der Waals surface area contributed by atoms with E-state index in [2.05, 4.69) is 39.7 Å². The number of likely N-dealkylation sites (tertiary alicyclic amines) is 1. The molecule has 1 aromatic carbocycles. The lowest BCUT2D eigenvalue weighted by atomic mass is 10.0.